The van der Waals surface area contributed by atoms with Crippen molar-refractivity contribution in [3.8, 4) is 23.3 Å². The van der Waals surface area contributed by atoms with Crippen LogP contribution in [0.25, 0.3) is 0 Å². The molecule has 0 aliphatic heterocycles. The van der Waals surface area contributed by atoms with Gasteiger partial charge in [0.15, 0.2) is 0 Å². The van der Waals surface area contributed by atoms with E-state index in [2.05, 4.69) is 6.07 Å². The molecule has 0 aliphatic rings. The molecule has 0 fully saturated rings. The number of aliphatic hydroxyl groups is 1. The van der Waals surface area contributed by atoms with Crippen LogP contribution in [0.3, 0.4) is 0 Å². The van der Waals surface area contributed by atoms with E-state index in [1.54, 1.807) is 49.4 Å². The number of methoxy groups -OCH3 is 1. The molecular weight excluding hydrogens is 254 g/mol. The molecule has 0 bridgehead atoms. The molecule has 0 amide bonds. The molecule has 1 N–H and O–H groups in total. The van der Waals surface area contributed by atoms with Crippen LogP contribution < -0.4 is 9.47 Å². The Labute approximate surface area is 117 Å². The highest BCUT2D eigenvalue weighted by Gasteiger charge is 2.05. The van der Waals surface area contributed by atoms with E-state index in [4.69, 9.17) is 14.7 Å². The van der Waals surface area contributed by atoms with Crippen LogP contribution in [0.1, 0.15) is 24.2 Å². The molecule has 0 saturated carbocycles. The molecule has 4 heteroatoms. The predicted octanol–water partition coefficient (Wildman–Crippen LogP) is 3.41. The van der Waals surface area contributed by atoms with Gasteiger partial charge in [0, 0.05) is 6.07 Å². The van der Waals surface area contributed by atoms with Crippen molar-refractivity contribution >= 4 is 0 Å². The summed E-state index contributed by atoms with van der Waals surface area (Å²) >= 11 is 0. The van der Waals surface area contributed by atoms with Crippen molar-refractivity contribution in [2.75, 3.05) is 7.11 Å². The second-order valence-electron chi connectivity index (χ2n) is 4.36. The zero-order valence-corrected chi connectivity index (χ0v) is 11.3. The first-order chi connectivity index (χ1) is 9.62. The van der Waals surface area contributed by atoms with Crippen LogP contribution in [-0.2, 0) is 0 Å². The highest BCUT2D eigenvalue weighted by Crippen LogP contribution is 2.28. The van der Waals surface area contributed by atoms with Gasteiger partial charge in [-0.05, 0) is 36.8 Å². The topological polar surface area (TPSA) is 62.5 Å². The van der Waals surface area contributed by atoms with Gasteiger partial charge >= 0.3 is 0 Å². The third kappa shape index (κ3) is 3.28. The number of hydrogen-bond acceptors (Lipinski definition) is 4. The Morgan fingerprint density at radius 1 is 1.05 bits per heavy atom. The van der Waals surface area contributed by atoms with Crippen molar-refractivity contribution in [2.24, 2.45) is 0 Å². The molecule has 4 nitrogen and oxygen atoms in total. The smallest absolute Gasteiger partial charge is 0.132 e. The summed E-state index contributed by atoms with van der Waals surface area (Å²) in [7, 11) is 1.54. The monoisotopic (exact) mass is 269 g/mol. The van der Waals surface area contributed by atoms with Crippen molar-refractivity contribution in [3.05, 3.63) is 53.6 Å². The van der Waals surface area contributed by atoms with Crippen molar-refractivity contribution in [2.45, 2.75) is 13.0 Å². The molecule has 2 rings (SSSR count). The van der Waals surface area contributed by atoms with Crippen LogP contribution in [0.2, 0.25) is 0 Å². The maximum absolute atomic E-state index is 9.45. The fraction of sp³-hybridized carbons (Fsp3) is 0.188. The standard InChI is InChI=1S/C16H15NO3/c1-11(18)13-3-5-14(6-4-13)20-16-8-12(10-17)7-15(9-16)19-2/h3-9,11,18H,1-2H3/t11-/m0/s1. The summed E-state index contributed by atoms with van der Waals surface area (Å²) in [6, 6.07) is 14.2. The minimum Gasteiger partial charge on any atom is -0.497 e. The highest BCUT2D eigenvalue weighted by atomic mass is 16.5. The lowest BCUT2D eigenvalue weighted by atomic mass is 10.1. The summed E-state index contributed by atoms with van der Waals surface area (Å²) in [5.41, 5.74) is 1.29. The Kier molecular flexibility index (Phi) is 4.24. The average molecular weight is 269 g/mol. The van der Waals surface area contributed by atoms with Gasteiger partial charge in [0.05, 0.1) is 24.8 Å². The second kappa shape index (κ2) is 6.09. The Bertz CT molecular complexity index is 627. The van der Waals surface area contributed by atoms with Crippen LogP contribution in [0.5, 0.6) is 17.2 Å². The molecule has 0 aliphatic carbocycles. The number of aliphatic hydroxyl groups excluding tert-OH is 1. The first-order valence-electron chi connectivity index (χ1n) is 6.17. The van der Waals surface area contributed by atoms with Crippen molar-refractivity contribution in [1.82, 2.24) is 0 Å². The first-order valence-corrected chi connectivity index (χ1v) is 6.17. The van der Waals surface area contributed by atoms with E-state index in [0.29, 0.717) is 22.8 Å². The van der Waals surface area contributed by atoms with Gasteiger partial charge in [-0.3, -0.25) is 0 Å². The molecule has 2 aromatic carbocycles. The molecule has 0 saturated heterocycles. The zero-order chi connectivity index (χ0) is 14.5. The van der Waals surface area contributed by atoms with Crippen molar-refractivity contribution in [3.63, 3.8) is 0 Å². The van der Waals surface area contributed by atoms with E-state index < -0.39 is 6.10 Å². The molecule has 2 aromatic rings. The number of benzene rings is 2. The largest absolute Gasteiger partial charge is 0.497 e. The van der Waals surface area contributed by atoms with E-state index in [0.717, 1.165) is 5.56 Å². The van der Waals surface area contributed by atoms with E-state index in [-0.39, 0.29) is 0 Å². The van der Waals surface area contributed by atoms with E-state index in [1.807, 2.05) is 0 Å². The molecule has 0 spiro atoms. The Balaban J connectivity index is 2.23. The molecule has 1 atom stereocenters. The summed E-state index contributed by atoms with van der Waals surface area (Å²) in [5.74, 6) is 1.73. The summed E-state index contributed by atoms with van der Waals surface area (Å²) in [4.78, 5) is 0. The minimum atomic E-state index is -0.508. The van der Waals surface area contributed by atoms with Gasteiger partial charge in [-0.25, -0.2) is 0 Å². The molecule has 0 aromatic heterocycles. The molecule has 0 unspecified atom stereocenters. The van der Waals surface area contributed by atoms with Gasteiger partial charge in [-0.1, -0.05) is 12.1 Å². The lowest BCUT2D eigenvalue weighted by Crippen LogP contribution is -1.92. The van der Waals surface area contributed by atoms with E-state index in [1.165, 1.54) is 7.11 Å². The summed E-state index contributed by atoms with van der Waals surface area (Å²) < 4.78 is 10.8. The maximum atomic E-state index is 9.45. The molecule has 20 heavy (non-hydrogen) atoms. The van der Waals surface area contributed by atoms with Gasteiger partial charge in [0.1, 0.15) is 17.2 Å². The first kappa shape index (κ1) is 13.9. The van der Waals surface area contributed by atoms with Crippen LogP contribution in [0.4, 0.5) is 0 Å². The number of nitriles is 1. The lowest BCUT2D eigenvalue weighted by molar-refractivity contribution is 0.199. The average Bonchev–Trinajstić information content (AvgIpc) is 2.47. The molecule has 0 heterocycles. The van der Waals surface area contributed by atoms with Crippen LogP contribution in [-0.4, -0.2) is 12.2 Å². The third-order valence-corrected chi connectivity index (χ3v) is 2.84. The zero-order valence-electron chi connectivity index (χ0n) is 11.3. The molecule has 102 valence electrons. The second-order valence-corrected chi connectivity index (χ2v) is 4.36. The number of hydrogen-bond donors (Lipinski definition) is 1. The summed E-state index contributed by atoms with van der Waals surface area (Å²) in [5, 5.41) is 18.4. The maximum Gasteiger partial charge on any atom is 0.132 e. The predicted molar refractivity (Wildman–Crippen MR) is 74.9 cm³/mol. The van der Waals surface area contributed by atoms with Crippen molar-refractivity contribution in [1.29, 1.82) is 5.26 Å². The fourth-order valence-corrected chi connectivity index (χ4v) is 1.76. The fourth-order valence-electron chi connectivity index (χ4n) is 1.76. The normalized spacial score (nSPS) is 11.5. The molecular formula is C16H15NO3. The Hall–Kier alpha value is -2.51. The van der Waals surface area contributed by atoms with Crippen LogP contribution in [0, 0.1) is 11.3 Å². The number of nitrogens with zero attached hydrogens (tertiary/aromatic N) is 1. The summed E-state index contributed by atoms with van der Waals surface area (Å²) in [6.07, 6.45) is -0.508. The molecule has 0 radical (unpaired) electrons. The Morgan fingerprint density at radius 3 is 2.25 bits per heavy atom. The lowest BCUT2D eigenvalue weighted by Gasteiger charge is -2.09. The Morgan fingerprint density at radius 2 is 1.70 bits per heavy atom. The minimum absolute atomic E-state index is 0.472. The summed E-state index contributed by atoms with van der Waals surface area (Å²) in [6.45, 7) is 1.71. The van der Waals surface area contributed by atoms with Gasteiger partial charge in [-0.15, -0.1) is 0 Å². The quantitative estimate of drug-likeness (QED) is 0.923. The third-order valence-electron chi connectivity index (χ3n) is 2.84. The van der Waals surface area contributed by atoms with Gasteiger partial charge in [0.2, 0.25) is 0 Å². The number of rotatable bonds is 4. The van der Waals surface area contributed by atoms with Crippen LogP contribution >= 0.6 is 0 Å². The van der Waals surface area contributed by atoms with Gasteiger partial charge < -0.3 is 14.6 Å². The van der Waals surface area contributed by atoms with Crippen LogP contribution in [0.15, 0.2) is 42.5 Å². The number of ether oxygens (including phenoxy) is 2. The van der Waals surface area contributed by atoms with Gasteiger partial charge in [0.25, 0.3) is 0 Å². The highest BCUT2D eigenvalue weighted by molar-refractivity contribution is 5.45. The van der Waals surface area contributed by atoms with E-state index in [9.17, 15) is 5.11 Å². The van der Waals surface area contributed by atoms with Gasteiger partial charge in [-0.2, -0.15) is 5.26 Å². The van der Waals surface area contributed by atoms with Crippen molar-refractivity contribution < 1.29 is 14.6 Å². The van der Waals surface area contributed by atoms with E-state index >= 15 is 0 Å². The SMILES string of the molecule is COc1cc(C#N)cc(Oc2ccc([C@H](C)O)cc2)c1.